The molecule has 9 heteroatoms. The number of rotatable bonds is 7. The molecule has 0 atom stereocenters. The van der Waals surface area contributed by atoms with Gasteiger partial charge in [0.25, 0.3) is 11.8 Å². The summed E-state index contributed by atoms with van der Waals surface area (Å²) in [5, 5.41) is 10.2. The van der Waals surface area contributed by atoms with E-state index >= 15 is 0 Å². The average Bonchev–Trinajstić information content (AvgIpc) is 3.20. The molecule has 0 aliphatic rings. The van der Waals surface area contributed by atoms with Gasteiger partial charge >= 0.3 is 5.97 Å². The third-order valence-electron chi connectivity index (χ3n) is 3.66. The molecule has 0 unspecified atom stereocenters. The van der Waals surface area contributed by atoms with Crippen LogP contribution in [-0.4, -0.2) is 35.7 Å². The summed E-state index contributed by atoms with van der Waals surface area (Å²) in [5.41, 5.74) is 1.16. The van der Waals surface area contributed by atoms with Gasteiger partial charge < -0.3 is 19.2 Å². The van der Waals surface area contributed by atoms with Crippen LogP contribution in [0.4, 0.5) is 0 Å². The van der Waals surface area contributed by atoms with Crippen molar-refractivity contribution in [3.05, 3.63) is 64.5 Å². The Labute approximate surface area is 169 Å². The third-order valence-corrected chi connectivity index (χ3v) is 4.19. The van der Waals surface area contributed by atoms with Crippen LogP contribution in [0.2, 0.25) is 0 Å². The van der Waals surface area contributed by atoms with Gasteiger partial charge in [-0.1, -0.05) is 15.9 Å². The molecule has 0 aliphatic heterocycles. The van der Waals surface area contributed by atoms with Gasteiger partial charge in [0.1, 0.15) is 12.3 Å². The fourth-order valence-corrected chi connectivity index (χ4v) is 2.48. The Morgan fingerprint density at radius 1 is 1.07 bits per heavy atom. The number of ether oxygens (including phenoxy) is 2. The molecule has 0 radical (unpaired) electrons. The van der Waals surface area contributed by atoms with Gasteiger partial charge in [0.05, 0.1) is 7.11 Å². The Bertz CT molecular complexity index is 954. The first-order valence-corrected chi connectivity index (χ1v) is 9.00. The first-order chi connectivity index (χ1) is 13.5. The summed E-state index contributed by atoms with van der Waals surface area (Å²) in [6.45, 7) is -0.454. The van der Waals surface area contributed by atoms with Crippen LogP contribution in [0, 0.1) is 0 Å². The second-order valence-corrected chi connectivity index (χ2v) is 6.50. The minimum absolute atomic E-state index is 0.151. The maximum atomic E-state index is 12.0. The summed E-state index contributed by atoms with van der Waals surface area (Å²) < 4.78 is 16.5. The largest absolute Gasteiger partial charge is 0.497 e. The maximum Gasteiger partial charge on any atom is 0.325 e. The van der Waals surface area contributed by atoms with Crippen LogP contribution in [0.3, 0.4) is 0 Å². The quantitative estimate of drug-likeness (QED) is 0.557. The van der Waals surface area contributed by atoms with Crippen LogP contribution >= 0.6 is 15.9 Å². The summed E-state index contributed by atoms with van der Waals surface area (Å²) in [5.74, 6) is 0.178. The van der Waals surface area contributed by atoms with E-state index in [1.807, 2.05) is 0 Å². The van der Waals surface area contributed by atoms with E-state index in [9.17, 15) is 9.59 Å². The summed E-state index contributed by atoms with van der Waals surface area (Å²) >= 11 is 3.29. The molecule has 3 rings (SSSR count). The van der Waals surface area contributed by atoms with E-state index in [-0.39, 0.29) is 24.9 Å². The van der Waals surface area contributed by atoms with E-state index < -0.39 is 5.97 Å². The minimum atomic E-state index is -0.616. The molecule has 0 saturated carbocycles. The summed E-state index contributed by atoms with van der Waals surface area (Å²) in [4.78, 5) is 23.8. The van der Waals surface area contributed by atoms with Crippen LogP contribution in [0.25, 0.3) is 11.5 Å². The molecule has 1 heterocycles. The highest BCUT2D eigenvalue weighted by atomic mass is 79.9. The number of esters is 1. The molecule has 3 aromatic rings. The van der Waals surface area contributed by atoms with Crippen molar-refractivity contribution in [2.45, 2.75) is 6.61 Å². The fraction of sp³-hybridized carbons (Fsp3) is 0.158. The molecule has 0 fully saturated rings. The number of halogens is 1. The Morgan fingerprint density at radius 2 is 1.79 bits per heavy atom. The maximum absolute atomic E-state index is 12.0. The van der Waals surface area contributed by atoms with Gasteiger partial charge in [-0.05, 0) is 48.5 Å². The number of benzene rings is 2. The van der Waals surface area contributed by atoms with Crippen molar-refractivity contribution in [1.29, 1.82) is 0 Å². The van der Waals surface area contributed by atoms with Crippen molar-refractivity contribution in [3.8, 4) is 17.2 Å². The van der Waals surface area contributed by atoms with Gasteiger partial charge in [0.2, 0.25) is 5.89 Å². The van der Waals surface area contributed by atoms with Crippen molar-refractivity contribution in [2.75, 3.05) is 13.7 Å². The number of nitrogens with zero attached hydrogens (tertiary/aromatic N) is 2. The molecule has 0 aliphatic carbocycles. The van der Waals surface area contributed by atoms with E-state index in [0.29, 0.717) is 22.8 Å². The van der Waals surface area contributed by atoms with Crippen molar-refractivity contribution >= 4 is 27.8 Å². The molecule has 0 saturated heterocycles. The zero-order chi connectivity index (χ0) is 19.9. The fourth-order valence-electron chi connectivity index (χ4n) is 2.21. The van der Waals surface area contributed by atoms with Gasteiger partial charge in [-0.15, -0.1) is 10.2 Å². The highest BCUT2D eigenvalue weighted by Crippen LogP contribution is 2.21. The molecule has 28 heavy (non-hydrogen) atoms. The topological polar surface area (TPSA) is 104 Å². The van der Waals surface area contributed by atoms with Gasteiger partial charge in [-0.25, -0.2) is 0 Å². The minimum Gasteiger partial charge on any atom is -0.497 e. The molecule has 8 nitrogen and oxygen atoms in total. The predicted octanol–water partition coefficient (Wildman–Crippen LogP) is 2.98. The van der Waals surface area contributed by atoms with Crippen molar-refractivity contribution in [1.82, 2.24) is 15.5 Å². The first-order valence-electron chi connectivity index (χ1n) is 8.21. The van der Waals surface area contributed by atoms with Crippen molar-refractivity contribution in [3.63, 3.8) is 0 Å². The average molecular weight is 446 g/mol. The monoisotopic (exact) mass is 445 g/mol. The van der Waals surface area contributed by atoms with E-state index in [0.717, 1.165) is 4.47 Å². The molecular formula is C19H16BrN3O5. The van der Waals surface area contributed by atoms with Crippen LogP contribution in [0.5, 0.6) is 5.75 Å². The van der Waals surface area contributed by atoms with Gasteiger partial charge in [-0.2, -0.15) is 0 Å². The van der Waals surface area contributed by atoms with Gasteiger partial charge in [0, 0.05) is 15.6 Å². The number of carbonyl (C=O) groups is 2. The lowest BCUT2D eigenvalue weighted by atomic mass is 10.2. The van der Waals surface area contributed by atoms with Crippen molar-refractivity contribution in [2.24, 2.45) is 0 Å². The SMILES string of the molecule is COc1ccc(-c2nnc(COC(=O)CNC(=O)c3ccc(Br)cc3)o2)cc1. The Morgan fingerprint density at radius 3 is 2.46 bits per heavy atom. The summed E-state index contributed by atoms with van der Waals surface area (Å²) in [7, 11) is 1.58. The Hall–Kier alpha value is -3.20. The number of aromatic nitrogens is 2. The van der Waals surface area contributed by atoms with E-state index in [1.54, 1.807) is 55.6 Å². The van der Waals surface area contributed by atoms with Crippen LogP contribution in [-0.2, 0) is 16.1 Å². The number of nitrogens with one attached hydrogen (secondary N) is 1. The van der Waals surface area contributed by atoms with Crippen LogP contribution < -0.4 is 10.1 Å². The predicted molar refractivity (Wildman–Crippen MR) is 103 cm³/mol. The van der Waals surface area contributed by atoms with E-state index in [4.69, 9.17) is 13.9 Å². The van der Waals surface area contributed by atoms with Crippen molar-refractivity contribution < 1.29 is 23.5 Å². The normalized spacial score (nSPS) is 10.4. The van der Waals surface area contributed by atoms with Gasteiger partial charge in [0.15, 0.2) is 6.61 Å². The zero-order valence-corrected chi connectivity index (χ0v) is 16.4. The second kappa shape index (κ2) is 9.14. The highest BCUT2D eigenvalue weighted by molar-refractivity contribution is 9.10. The smallest absolute Gasteiger partial charge is 0.325 e. The highest BCUT2D eigenvalue weighted by Gasteiger charge is 2.13. The molecule has 144 valence electrons. The molecule has 1 amide bonds. The third kappa shape index (κ3) is 5.17. The Kier molecular flexibility index (Phi) is 6.38. The molecule has 0 bridgehead atoms. The molecule has 0 spiro atoms. The molecule has 2 aromatic carbocycles. The lowest BCUT2D eigenvalue weighted by molar-refractivity contribution is -0.144. The number of amides is 1. The zero-order valence-electron chi connectivity index (χ0n) is 14.8. The lowest BCUT2D eigenvalue weighted by Crippen LogP contribution is -2.30. The van der Waals surface area contributed by atoms with Gasteiger partial charge in [-0.3, -0.25) is 9.59 Å². The summed E-state index contributed by atoms with van der Waals surface area (Å²) in [6.07, 6.45) is 0. The number of carbonyl (C=O) groups excluding carboxylic acids is 2. The molecule has 1 aromatic heterocycles. The van der Waals surface area contributed by atoms with E-state index in [2.05, 4.69) is 31.4 Å². The number of hydrogen-bond donors (Lipinski definition) is 1. The number of methoxy groups -OCH3 is 1. The van der Waals surface area contributed by atoms with Crippen LogP contribution in [0.15, 0.2) is 57.4 Å². The Balaban J connectivity index is 1.47. The second-order valence-electron chi connectivity index (χ2n) is 5.58. The van der Waals surface area contributed by atoms with Crippen LogP contribution in [0.1, 0.15) is 16.2 Å². The number of hydrogen-bond acceptors (Lipinski definition) is 7. The summed E-state index contributed by atoms with van der Waals surface area (Å²) in [6, 6.07) is 13.9. The molecule has 1 N–H and O–H groups in total. The van der Waals surface area contributed by atoms with E-state index in [1.165, 1.54) is 0 Å². The first kappa shape index (κ1) is 19.6. The lowest BCUT2D eigenvalue weighted by Gasteiger charge is -2.05. The molecular weight excluding hydrogens is 430 g/mol. The standard InChI is InChI=1S/C19H16BrN3O5/c1-26-15-8-4-13(5-9-15)19-23-22-16(28-19)11-27-17(24)10-21-18(25)12-2-6-14(20)7-3-12/h2-9H,10-11H2,1H3,(H,21,25).